The van der Waals surface area contributed by atoms with E-state index in [1.807, 2.05) is 55.5 Å². The summed E-state index contributed by atoms with van der Waals surface area (Å²) in [6.07, 6.45) is 0.364. The number of hydrogen-bond acceptors (Lipinski definition) is 3. The van der Waals surface area contributed by atoms with Crippen molar-refractivity contribution in [1.29, 1.82) is 0 Å². The van der Waals surface area contributed by atoms with Crippen LogP contribution in [0.4, 0.5) is 5.69 Å². The van der Waals surface area contributed by atoms with Crippen LogP contribution in [0.2, 0.25) is 0 Å². The molecule has 0 radical (unpaired) electrons. The van der Waals surface area contributed by atoms with Gasteiger partial charge in [0.1, 0.15) is 5.75 Å². The molecule has 1 atom stereocenters. The quantitative estimate of drug-likeness (QED) is 0.378. The van der Waals surface area contributed by atoms with Gasteiger partial charge in [-0.05, 0) is 73.9 Å². The Hall–Kier alpha value is -2.59. The molecule has 0 saturated heterocycles. The van der Waals surface area contributed by atoms with Crippen LogP contribution in [0.15, 0.2) is 71.2 Å². The number of nitrogens with one attached hydrogen (secondary N) is 1. The number of rotatable bonds is 8. The number of ether oxygens (including phenoxy) is 1. The SMILES string of the molecule is CCOc1ccc(C(CC(=O)c2ccc(Br)cc2)Nc2ccc(C)c(C)c2)cc1. The molecular formula is C25H26BrNO2. The molecule has 0 aromatic heterocycles. The topological polar surface area (TPSA) is 38.3 Å². The van der Waals surface area contributed by atoms with E-state index in [1.54, 1.807) is 0 Å². The molecule has 0 aliphatic heterocycles. The van der Waals surface area contributed by atoms with Crippen LogP contribution in [-0.4, -0.2) is 12.4 Å². The van der Waals surface area contributed by atoms with Crippen LogP contribution in [0.5, 0.6) is 5.75 Å². The molecule has 0 amide bonds. The van der Waals surface area contributed by atoms with Gasteiger partial charge >= 0.3 is 0 Å². The number of Topliss-reactive ketones (excluding diaryl/α,β-unsaturated/α-hetero) is 1. The summed E-state index contributed by atoms with van der Waals surface area (Å²) in [4.78, 5) is 12.9. The molecule has 29 heavy (non-hydrogen) atoms. The molecule has 3 rings (SSSR count). The summed E-state index contributed by atoms with van der Waals surface area (Å²) in [6.45, 7) is 6.79. The molecule has 0 aliphatic rings. The number of carbonyl (C=O) groups is 1. The molecule has 4 heteroatoms. The van der Waals surface area contributed by atoms with Crippen LogP contribution in [-0.2, 0) is 0 Å². The smallest absolute Gasteiger partial charge is 0.165 e. The minimum absolute atomic E-state index is 0.104. The highest BCUT2D eigenvalue weighted by Crippen LogP contribution is 2.27. The number of ketones is 1. The molecule has 1 N–H and O–H groups in total. The normalized spacial score (nSPS) is 11.7. The van der Waals surface area contributed by atoms with Gasteiger partial charge in [0.05, 0.1) is 12.6 Å². The zero-order valence-electron chi connectivity index (χ0n) is 17.0. The van der Waals surface area contributed by atoms with Crippen LogP contribution in [0.25, 0.3) is 0 Å². The highest BCUT2D eigenvalue weighted by molar-refractivity contribution is 9.10. The second kappa shape index (κ2) is 9.75. The van der Waals surface area contributed by atoms with Crippen molar-refractivity contribution in [2.75, 3.05) is 11.9 Å². The van der Waals surface area contributed by atoms with E-state index in [1.165, 1.54) is 11.1 Å². The monoisotopic (exact) mass is 451 g/mol. The molecule has 3 nitrogen and oxygen atoms in total. The first-order valence-electron chi connectivity index (χ1n) is 9.81. The summed E-state index contributed by atoms with van der Waals surface area (Å²) in [5, 5.41) is 3.56. The predicted octanol–water partition coefficient (Wildman–Crippen LogP) is 6.89. The Balaban J connectivity index is 1.86. The summed E-state index contributed by atoms with van der Waals surface area (Å²) in [5.41, 5.74) is 5.25. The zero-order chi connectivity index (χ0) is 20.8. The molecule has 3 aromatic carbocycles. The maximum Gasteiger partial charge on any atom is 0.165 e. The zero-order valence-corrected chi connectivity index (χ0v) is 18.6. The minimum atomic E-state index is -0.135. The Morgan fingerprint density at radius 3 is 2.28 bits per heavy atom. The third-order valence-corrected chi connectivity index (χ3v) is 5.53. The first-order valence-corrected chi connectivity index (χ1v) is 10.6. The maximum absolute atomic E-state index is 12.9. The van der Waals surface area contributed by atoms with Gasteiger partial charge in [-0.25, -0.2) is 0 Å². The summed E-state index contributed by atoms with van der Waals surface area (Å²) in [5.74, 6) is 0.938. The molecule has 0 fully saturated rings. The van der Waals surface area contributed by atoms with Crippen molar-refractivity contribution in [2.45, 2.75) is 33.2 Å². The van der Waals surface area contributed by atoms with Gasteiger partial charge in [-0.3, -0.25) is 4.79 Å². The number of aryl methyl sites for hydroxylation is 2. The van der Waals surface area contributed by atoms with Crippen LogP contribution in [0.3, 0.4) is 0 Å². The Labute approximate surface area is 181 Å². The van der Waals surface area contributed by atoms with Crippen molar-refractivity contribution < 1.29 is 9.53 Å². The van der Waals surface area contributed by atoms with Gasteiger partial charge in [0, 0.05) is 22.1 Å². The van der Waals surface area contributed by atoms with Gasteiger partial charge < -0.3 is 10.1 Å². The van der Waals surface area contributed by atoms with E-state index < -0.39 is 0 Å². The van der Waals surface area contributed by atoms with E-state index in [4.69, 9.17) is 4.74 Å². The van der Waals surface area contributed by atoms with Gasteiger partial charge in [0.2, 0.25) is 0 Å². The van der Waals surface area contributed by atoms with Crippen molar-refractivity contribution in [1.82, 2.24) is 0 Å². The molecular weight excluding hydrogens is 426 g/mol. The number of halogens is 1. The van der Waals surface area contributed by atoms with E-state index in [0.717, 1.165) is 21.5 Å². The van der Waals surface area contributed by atoms with Crippen molar-refractivity contribution in [2.24, 2.45) is 0 Å². The van der Waals surface area contributed by atoms with Gasteiger partial charge in [-0.2, -0.15) is 0 Å². The van der Waals surface area contributed by atoms with E-state index in [0.29, 0.717) is 18.6 Å². The second-order valence-electron chi connectivity index (χ2n) is 7.13. The molecule has 1 unspecified atom stereocenters. The lowest BCUT2D eigenvalue weighted by molar-refractivity contribution is 0.0976. The van der Waals surface area contributed by atoms with E-state index in [2.05, 4.69) is 53.3 Å². The fraction of sp³-hybridized carbons (Fsp3) is 0.240. The average molecular weight is 452 g/mol. The Morgan fingerprint density at radius 2 is 1.66 bits per heavy atom. The van der Waals surface area contributed by atoms with Crippen molar-refractivity contribution in [3.05, 3.63) is 93.5 Å². The first kappa shape index (κ1) is 21.1. The van der Waals surface area contributed by atoms with Gasteiger partial charge in [-0.1, -0.05) is 46.3 Å². The number of carbonyl (C=O) groups excluding carboxylic acids is 1. The van der Waals surface area contributed by atoms with Gasteiger partial charge in [0.25, 0.3) is 0 Å². The molecule has 0 aliphatic carbocycles. The highest BCUT2D eigenvalue weighted by Gasteiger charge is 2.18. The average Bonchev–Trinajstić information content (AvgIpc) is 2.71. The van der Waals surface area contributed by atoms with E-state index in [-0.39, 0.29) is 11.8 Å². The standard InChI is InChI=1S/C25H26BrNO2/c1-4-29-23-13-8-19(9-14-23)24(27-22-12-5-17(2)18(3)15-22)16-25(28)20-6-10-21(26)11-7-20/h5-15,24,27H,4,16H2,1-3H3. The van der Waals surface area contributed by atoms with E-state index >= 15 is 0 Å². The lowest BCUT2D eigenvalue weighted by Crippen LogP contribution is -2.16. The maximum atomic E-state index is 12.9. The fourth-order valence-corrected chi connectivity index (χ4v) is 3.45. The highest BCUT2D eigenvalue weighted by atomic mass is 79.9. The summed E-state index contributed by atoms with van der Waals surface area (Å²) < 4.78 is 6.52. The number of benzene rings is 3. The van der Waals surface area contributed by atoms with Crippen LogP contribution >= 0.6 is 15.9 Å². The molecule has 150 valence electrons. The lowest BCUT2D eigenvalue weighted by Gasteiger charge is -2.21. The fourth-order valence-electron chi connectivity index (χ4n) is 3.19. The largest absolute Gasteiger partial charge is 0.494 e. The lowest BCUT2D eigenvalue weighted by atomic mass is 9.97. The Kier molecular flexibility index (Phi) is 7.10. The van der Waals surface area contributed by atoms with Crippen LogP contribution < -0.4 is 10.1 Å². The summed E-state index contributed by atoms with van der Waals surface area (Å²) in [6, 6.07) is 21.6. The molecule has 0 saturated carbocycles. The number of hydrogen-bond donors (Lipinski definition) is 1. The van der Waals surface area contributed by atoms with E-state index in [9.17, 15) is 4.79 Å². The van der Waals surface area contributed by atoms with Crippen LogP contribution in [0, 0.1) is 13.8 Å². The number of anilines is 1. The molecule has 0 heterocycles. The van der Waals surface area contributed by atoms with Gasteiger partial charge in [-0.15, -0.1) is 0 Å². The molecule has 0 bridgehead atoms. The van der Waals surface area contributed by atoms with Crippen molar-refractivity contribution in [3.8, 4) is 5.75 Å². The van der Waals surface area contributed by atoms with Crippen LogP contribution in [0.1, 0.15) is 46.4 Å². The molecule has 0 spiro atoms. The van der Waals surface area contributed by atoms with Crippen molar-refractivity contribution >= 4 is 27.4 Å². The second-order valence-corrected chi connectivity index (χ2v) is 8.05. The molecule has 3 aromatic rings. The Morgan fingerprint density at radius 1 is 0.966 bits per heavy atom. The third kappa shape index (κ3) is 5.70. The first-order chi connectivity index (χ1) is 14.0. The Bertz CT molecular complexity index is 965. The third-order valence-electron chi connectivity index (χ3n) is 5.00. The predicted molar refractivity (Wildman–Crippen MR) is 123 cm³/mol. The van der Waals surface area contributed by atoms with Crippen molar-refractivity contribution in [3.63, 3.8) is 0 Å². The summed E-state index contributed by atoms with van der Waals surface area (Å²) >= 11 is 3.42. The minimum Gasteiger partial charge on any atom is -0.494 e. The van der Waals surface area contributed by atoms with Gasteiger partial charge in [0.15, 0.2) is 5.78 Å². The summed E-state index contributed by atoms with van der Waals surface area (Å²) in [7, 11) is 0.